The summed E-state index contributed by atoms with van der Waals surface area (Å²) in [4.78, 5) is 29.9. The summed E-state index contributed by atoms with van der Waals surface area (Å²) in [5.74, 6) is 0.805. The van der Waals surface area contributed by atoms with Crippen LogP contribution in [0.25, 0.3) is 11.1 Å². The molecule has 1 aromatic heterocycles. The summed E-state index contributed by atoms with van der Waals surface area (Å²) in [6, 6.07) is 13.9. The van der Waals surface area contributed by atoms with Gasteiger partial charge in [-0.1, -0.05) is 41.6 Å². The van der Waals surface area contributed by atoms with Gasteiger partial charge in [-0.15, -0.1) is 6.58 Å². The summed E-state index contributed by atoms with van der Waals surface area (Å²) < 4.78 is 6.68. The second-order valence-corrected chi connectivity index (χ2v) is 7.49. The van der Waals surface area contributed by atoms with Crippen LogP contribution in [0.3, 0.4) is 0 Å². The van der Waals surface area contributed by atoms with Gasteiger partial charge in [0.25, 0.3) is 5.56 Å². The maximum absolute atomic E-state index is 13.0. The summed E-state index contributed by atoms with van der Waals surface area (Å²) >= 11 is 7.08. The van der Waals surface area contributed by atoms with Crippen LogP contribution in [0.1, 0.15) is 10.4 Å². The van der Waals surface area contributed by atoms with Gasteiger partial charge >= 0.3 is 0 Å². The molecule has 0 unspecified atom stereocenters. The first kappa shape index (κ1) is 20.9. The fraction of sp³-hybridized carbons (Fsp3) is 0.136. The molecule has 0 aliphatic carbocycles. The summed E-state index contributed by atoms with van der Waals surface area (Å²) in [5, 5.41) is 1.04. The number of carbonyl (C=O) groups excluding carboxylic acids is 1. The minimum Gasteiger partial charge on any atom is -0.497 e. The first-order valence-corrected chi connectivity index (χ1v) is 10.2. The highest BCUT2D eigenvalue weighted by Crippen LogP contribution is 2.22. The Bertz CT molecular complexity index is 1080. The zero-order valence-electron chi connectivity index (χ0n) is 15.8. The summed E-state index contributed by atoms with van der Waals surface area (Å²) in [6.07, 6.45) is 3.17. The monoisotopic (exact) mass is 426 g/mol. The molecule has 0 N–H and O–H groups in total. The van der Waals surface area contributed by atoms with Crippen LogP contribution in [0.15, 0.2) is 77.3 Å². The van der Waals surface area contributed by atoms with E-state index in [1.165, 1.54) is 16.3 Å². The molecule has 0 spiro atoms. The Kier molecular flexibility index (Phi) is 6.90. The van der Waals surface area contributed by atoms with E-state index in [-0.39, 0.29) is 17.1 Å². The van der Waals surface area contributed by atoms with Crippen LogP contribution in [0.2, 0.25) is 5.02 Å². The number of hydrogen-bond acceptors (Lipinski definition) is 5. The third-order valence-corrected chi connectivity index (χ3v) is 5.46. The number of allylic oxidation sites excluding steroid dienone is 1. The van der Waals surface area contributed by atoms with E-state index in [0.29, 0.717) is 33.6 Å². The van der Waals surface area contributed by atoms with Crippen molar-refractivity contribution in [2.75, 3.05) is 12.9 Å². The molecular weight excluding hydrogens is 408 g/mol. The van der Waals surface area contributed by atoms with E-state index in [0.717, 1.165) is 5.56 Å². The van der Waals surface area contributed by atoms with Crippen LogP contribution in [0.5, 0.6) is 5.75 Å². The van der Waals surface area contributed by atoms with Crippen molar-refractivity contribution in [1.82, 2.24) is 9.55 Å². The normalized spacial score (nSPS) is 10.6. The minimum atomic E-state index is -0.188. The Balaban J connectivity index is 1.85. The van der Waals surface area contributed by atoms with Crippen LogP contribution in [-0.2, 0) is 6.54 Å². The lowest BCUT2D eigenvalue weighted by atomic mass is 10.1. The average Bonchev–Trinajstić information content (AvgIpc) is 2.74. The second-order valence-electron chi connectivity index (χ2n) is 6.11. The van der Waals surface area contributed by atoms with Crippen molar-refractivity contribution in [3.63, 3.8) is 0 Å². The standard InChI is InChI=1S/C22H19ClN2O3S/c1-3-12-25-21(27)19(15-6-10-18(28-2)11-7-15)13-24-22(25)29-14-20(26)16-4-8-17(23)9-5-16/h3-11,13H,1,12,14H2,2H3. The van der Waals surface area contributed by atoms with Gasteiger partial charge < -0.3 is 4.74 Å². The van der Waals surface area contributed by atoms with Crippen molar-refractivity contribution in [3.05, 3.63) is 88.3 Å². The highest BCUT2D eigenvalue weighted by atomic mass is 35.5. The number of benzene rings is 2. The molecule has 0 saturated heterocycles. The first-order valence-electron chi connectivity index (χ1n) is 8.80. The molecule has 0 aliphatic heterocycles. The van der Waals surface area contributed by atoms with E-state index in [9.17, 15) is 9.59 Å². The highest BCUT2D eigenvalue weighted by molar-refractivity contribution is 7.99. The summed E-state index contributed by atoms with van der Waals surface area (Å²) in [6.45, 7) is 4.02. The maximum atomic E-state index is 13.0. The molecule has 0 saturated carbocycles. The van der Waals surface area contributed by atoms with Crippen molar-refractivity contribution >= 4 is 29.1 Å². The Labute approximate surface area is 178 Å². The van der Waals surface area contributed by atoms with E-state index in [4.69, 9.17) is 16.3 Å². The number of rotatable bonds is 8. The predicted octanol–water partition coefficient (Wildman–Crippen LogP) is 4.73. The quantitative estimate of drug-likeness (QED) is 0.225. The maximum Gasteiger partial charge on any atom is 0.262 e. The zero-order chi connectivity index (χ0) is 20.8. The molecule has 3 aromatic rings. The fourth-order valence-electron chi connectivity index (χ4n) is 2.70. The molecule has 5 nitrogen and oxygen atoms in total. The Morgan fingerprint density at radius 1 is 1.21 bits per heavy atom. The van der Waals surface area contributed by atoms with Crippen molar-refractivity contribution in [2.45, 2.75) is 11.7 Å². The third-order valence-electron chi connectivity index (χ3n) is 4.22. The number of nitrogens with zero attached hydrogens (tertiary/aromatic N) is 2. The fourth-order valence-corrected chi connectivity index (χ4v) is 3.69. The minimum absolute atomic E-state index is 0.0645. The SMILES string of the molecule is C=CCn1c(SCC(=O)c2ccc(Cl)cc2)ncc(-c2ccc(OC)cc2)c1=O. The van der Waals surface area contributed by atoms with E-state index < -0.39 is 0 Å². The molecule has 29 heavy (non-hydrogen) atoms. The van der Waals surface area contributed by atoms with Gasteiger partial charge in [0.1, 0.15) is 5.75 Å². The van der Waals surface area contributed by atoms with E-state index in [1.54, 1.807) is 55.8 Å². The Hall–Kier alpha value is -2.83. The molecule has 1 heterocycles. The van der Waals surface area contributed by atoms with Crippen LogP contribution >= 0.6 is 23.4 Å². The van der Waals surface area contributed by atoms with Gasteiger partial charge in [0.2, 0.25) is 0 Å². The molecular formula is C22H19ClN2O3S. The van der Waals surface area contributed by atoms with Crippen molar-refractivity contribution in [3.8, 4) is 16.9 Å². The average molecular weight is 427 g/mol. The lowest BCUT2D eigenvalue weighted by Gasteiger charge is -2.12. The Morgan fingerprint density at radius 2 is 1.90 bits per heavy atom. The number of methoxy groups -OCH3 is 1. The van der Waals surface area contributed by atoms with Crippen LogP contribution in [-0.4, -0.2) is 28.2 Å². The lowest BCUT2D eigenvalue weighted by Crippen LogP contribution is -2.24. The zero-order valence-corrected chi connectivity index (χ0v) is 17.4. The molecule has 3 rings (SSSR count). The number of ether oxygens (including phenoxy) is 1. The highest BCUT2D eigenvalue weighted by Gasteiger charge is 2.14. The molecule has 0 bridgehead atoms. The molecule has 0 aliphatic rings. The van der Waals surface area contributed by atoms with E-state index in [2.05, 4.69) is 11.6 Å². The Morgan fingerprint density at radius 3 is 2.52 bits per heavy atom. The van der Waals surface area contributed by atoms with Crippen molar-refractivity contribution < 1.29 is 9.53 Å². The molecule has 7 heteroatoms. The number of Topliss-reactive ketones (excluding diaryl/α,β-unsaturated/α-hetero) is 1. The van der Waals surface area contributed by atoms with Crippen molar-refractivity contribution in [1.29, 1.82) is 0 Å². The van der Waals surface area contributed by atoms with Crippen LogP contribution in [0, 0.1) is 0 Å². The first-order chi connectivity index (χ1) is 14.0. The predicted molar refractivity (Wildman–Crippen MR) is 117 cm³/mol. The number of aromatic nitrogens is 2. The smallest absolute Gasteiger partial charge is 0.262 e. The molecule has 0 radical (unpaired) electrons. The number of ketones is 1. The van der Waals surface area contributed by atoms with Crippen LogP contribution < -0.4 is 10.3 Å². The summed E-state index contributed by atoms with van der Waals surface area (Å²) in [5.41, 5.74) is 1.60. The molecule has 0 fully saturated rings. The molecule has 148 valence electrons. The largest absolute Gasteiger partial charge is 0.497 e. The number of carbonyl (C=O) groups is 1. The second kappa shape index (κ2) is 9.58. The van der Waals surface area contributed by atoms with E-state index in [1.807, 2.05) is 12.1 Å². The van der Waals surface area contributed by atoms with Crippen LogP contribution in [0.4, 0.5) is 0 Å². The molecule has 0 amide bonds. The topological polar surface area (TPSA) is 61.2 Å². The lowest BCUT2D eigenvalue weighted by molar-refractivity contribution is 0.102. The van der Waals surface area contributed by atoms with Gasteiger partial charge in [-0.25, -0.2) is 4.98 Å². The summed E-state index contributed by atoms with van der Waals surface area (Å²) in [7, 11) is 1.59. The van der Waals surface area contributed by atoms with Crippen molar-refractivity contribution in [2.24, 2.45) is 0 Å². The van der Waals surface area contributed by atoms with Gasteiger partial charge in [-0.05, 0) is 42.0 Å². The van der Waals surface area contributed by atoms with Gasteiger partial charge in [-0.2, -0.15) is 0 Å². The molecule has 0 atom stereocenters. The van der Waals surface area contributed by atoms with Gasteiger partial charge in [0.05, 0.1) is 18.4 Å². The number of halogens is 1. The van der Waals surface area contributed by atoms with E-state index >= 15 is 0 Å². The van der Waals surface area contributed by atoms with Gasteiger partial charge in [-0.3, -0.25) is 14.2 Å². The van der Waals surface area contributed by atoms with Gasteiger partial charge in [0, 0.05) is 23.3 Å². The number of hydrogen-bond donors (Lipinski definition) is 0. The third kappa shape index (κ3) is 4.96. The number of thioether (sulfide) groups is 1. The molecule has 2 aromatic carbocycles. The van der Waals surface area contributed by atoms with Gasteiger partial charge in [0.15, 0.2) is 10.9 Å².